The molecule has 0 aliphatic carbocycles. The molecule has 6 nitrogen and oxygen atoms in total. The van der Waals surface area contributed by atoms with Gasteiger partial charge in [0, 0.05) is 19.3 Å². The van der Waals surface area contributed by atoms with Crippen molar-refractivity contribution in [2.45, 2.75) is 309 Å². The van der Waals surface area contributed by atoms with Crippen LogP contribution in [0.3, 0.4) is 0 Å². The lowest BCUT2D eigenvalue weighted by Gasteiger charge is -2.18. The summed E-state index contributed by atoms with van der Waals surface area (Å²) in [6.45, 7) is 6.61. The quantitative estimate of drug-likeness (QED) is 0.0262. The SMILES string of the molecule is CCCCCCC/C=C\C/C=C\C/C=C\CCCCCCCCCCCCCCCCC(=O)OCC(COC(=O)CCCCCCCCCC)OC(=O)CCCCCCCCCCCC. The van der Waals surface area contributed by atoms with Crippen LogP contribution in [0, 0.1) is 0 Å². The largest absolute Gasteiger partial charge is 0.462 e. The molecule has 0 spiro atoms. The standard InChI is InChI=1S/C59H108O6/c1-4-7-10-13-16-19-21-22-23-24-25-26-27-28-29-30-31-32-33-34-35-36-37-38-39-41-43-46-49-52-58(61)64-55-56(54-63-57(60)51-48-45-42-18-15-12-9-6-3)65-59(62)53-50-47-44-40-20-17-14-11-8-5-2/h21-22,24-25,27-28,56H,4-20,23,26,29-55H2,1-3H3/b22-21-,25-24-,28-27-. The van der Waals surface area contributed by atoms with Gasteiger partial charge in [0.15, 0.2) is 6.10 Å². The Labute approximate surface area is 404 Å². The predicted molar refractivity (Wildman–Crippen MR) is 279 cm³/mol. The van der Waals surface area contributed by atoms with E-state index in [0.29, 0.717) is 19.3 Å². The van der Waals surface area contributed by atoms with Crippen LogP contribution in [0.2, 0.25) is 0 Å². The molecule has 0 saturated heterocycles. The minimum Gasteiger partial charge on any atom is -0.462 e. The maximum atomic E-state index is 12.7. The zero-order valence-corrected chi connectivity index (χ0v) is 43.5. The van der Waals surface area contributed by atoms with Crippen molar-refractivity contribution in [2.24, 2.45) is 0 Å². The van der Waals surface area contributed by atoms with Gasteiger partial charge in [-0.25, -0.2) is 0 Å². The third kappa shape index (κ3) is 52.5. The molecule has 6 heteroatoms. The van der Waals surface area contributed by atoms with Crippen molar-refractivity contribution < 1.29 is 28.6 Å². The van der Waals surface area contributed by atoms with Gasteiger partial charge < -0.3 is 14.2 Å². The van der Waals surface area contributed by atoms with Crippen molar-refractivity contribution in [3.63, 3.8) is 0 Å². The van der Waals surface area contributed by atoms with Crippen molar-refractivity contribution in [3.05, 3.63) is 36.5 Å². The minimum absolute atomic E-state index is 0.0677. The van der Waals surface area contributed by atoms with E-state index in [9.17, 15) is 14.4 Å². The molecule has 0 aliphatic heterocycles. The van der Waals surface area contributed by atoms with Crippen LogP contribution in [-0.2, 0) is 28.6 Å². The maximum Gasteiger partial charge on any atom is 0.306 e. The molecule has 0 aromatic heterocycles. The van der Waals surface area contributed by atoms with E-state index in [0.717, 1.165) is 70.6 Å². The van der Waals surface area contributed by atoms with Crippen LogP contribution in [0.15, 0.2) is 36.5 Å². The van der Waals surface area contributed by atoms with Crippen LogP contribution in [0.1, 0.15) is 303 Å². The molecule has 0 fully saturated rings. The second kappa shape index (κ2) is 54.2. The van der Waals surface area contributed by atoms with E-state index in [1.165, 1.54) is 193 Å². The molecule has 0 bridgehead atoms. The molecular formula is C59H108O6. The number of rotatable bonds is 52. The fourth-order valence-corrected chi connectivity index (χ4v) is 8.33. The second-order valence-electron chi connectivity index (χ2n) is 19.2. The van der Waals surface area contributed by atoms with Crippen LogP contribution in [0.4, 0.5) is 0 Å². The second-order valence-corrected chi connectivity index (χ2v) is 19.2. The van der Waals surface area contributed by atoms with Crippen LogP contribution < -0.4 is 0 Å². The Morgan fingerprint density at radius 1 is 0.308 bits per heavy atom. The highest BCUT2D eigenvalue weighted by Gasteiger charge is 2.19. The van der Waals surface area contributed by atoms with Gasteiger partial charge in [0.25, 0.3) is 0 Å². The normalized spacial score (nSPS) is 12.2. The maximum absolute atomic E-state index is 12.7. The minimum atomic E-state index is -0.764. The summed E-state index contributed by atoms with van der Waals surface area (Å²) in [5.74, 6) is -0.862. The number of allylic oxidation sites excluding steroid dienone is 6. The Morgan fingerprint density at radius 2 is 0.554 bits per heavy atom. The van der Waals surface area contributed by atoms with E-state index in [-0.39, 0.29) is 31.1 Å². The Balaban J connectivity index is 4.01. The average molecular weight is 914 g/mol. The number of ether oxygens (including phenoxy) is 3. The van der Waals surface area contributed by atoms with Gasteiger partial charge in [-0.05, 0) is 57.8 Å². The highest BCUT2D eigenvalue weighted by molar-refractivity contribution is 5.71. The fraction of sp³-hybridized carbons (Fsp3) is 0.847. The van der Waals surface area contributed by atoms with Gasteiger partial charge in [0.2, 0.25) is 0 Å². The molecular weight excluding hydrogens is 805 g/mol. The van der Waals surface area contributed by atoms with Gasteiger partial charge in [-0.3, -0.25) is 14.4 Å². The Bertz CT molecular complexity index is 1090. The number of carbonyl (C=O) groups is 3. The summed E-state index contributed by atoms with van der Waals surface area (Å²) in [4.78, 5) is 37.8. The van der Waals surface area contributed by atoms with E-state index in [1.54, 1.807) is 0 Å². The Morgan fingerprint density at radius 3 is 0.862 bits per heavy atom. The first-order valence-electron chi connectivity index (χ1n) is 28.5. The van der Waals surface area contributed by atoms with Crippen molar-refractivity contribution in [1.29, 1.82) is 0 Å². The van der Waals surface area contributed by atoms with Crippen LogP contribution >= 0.6 is 0 Å². The number of esters is 3. The smallest absolute Gasteiger partial charge is 0.306 e. The first-order chi connectivity index (χ1) is 32.0. The fourth-order valence-electron chi connectivity index (χ4n) is 8.33. The molecule has 0 N–H and O–H groups in total. The summed E-state index contributed by atoms with van der Waals surface area (Å²) in [7, 11) is 0. The first kappa shape index (κ1) is 62.6. The van der Waals surface area contributed by atoms with E-state index in [1.807, 2.05) is 0 Å². The molecule has 380 valence electrons. The summed E-state index contributed by atoms with van der Waals surface area (Å²) in [5, 5.41) is 0. The van der Waals surface area contributed by atoms with E-state index >= 15 is 0 Å². The third-order valence-electron chi connectivity index (χ3n) is 12.6. The van der Waals surface area contributed by atoms with Gasteiger partial charge in [0.1, 0.15) is 13.2 Å². The predicted octanol–water partition coefficient (Wildman–Crippen LogP) is 18.9. The molecule has 0 amide bonds. The summed E-state index contributed by atoms with van der Waals surface area (Å²) < 4.78 is 16.7. The van der Waals surface area contributed by atoms with Crippen molar-refractivity contribution >= 4 is 17.9 Å². The summed E-state index contributed by atoms with van der Waals surface area (Å²) >= 11 is 0. The van der Waals surface area contributed by atoms with E-state index in [2.05, 4.69) is 57.2 Å². The molecule has 0 saturated carbocycles. The van der Waals surface area contributed by atoms with Crippen LogP contribution in [-0.4, -0.2) is 37.2 Å². The highest BCUT2D eigenvalue weighted by Crippen LogP contribution is 2.16. The Hall–Kier alpha value is -2.37. The van der Waals surface area contributed by atoms with E-state index < -0.39 is 6.10 Å². The lowest BCUT2D eigenvalue weighted by atomic mass is 10.0. The van der Waals surface area contributed by atoms with Crippen LogP contribution in [0.5, 0.6) is 0 Å². The van der Waals surface area contributed by atoms with Crippen molar-refractivity contribution in [3.8, 4) is 0 Å². The number of hydrogen-bond donors (Lipinski definition) is 0. The van der Waals surface area contributed by atoms with Gasteiger partial charge in [-0.1, -0.05) is 263 Å². The molecule has 0 aromatic rings. The first-order valence-corrected chi connectivity index (χ1v) is 28.5. The summed E-state index contributed by atoms with van der Waals surface area (Å²) in [6.07, 6.45) is 64.5. The monoisotopic (exact) mass is 913 g/mol. The van der Waals surface area contributed by atoms with Crippen molar-refractivity contribution in [2.75, 3.05) is 13.2 Å². The van der Waals surface area contributed by atoms with E-state index in [4.69, 9.17) is 14.2 Å². The van der Waals surface area contributed by atoms with Gasteiger partial charge in [-0.2, -0.15) is 0 Å². The Kier molecular flexibility index (Phi) is 52.3. The van der Waals surface area contributed by atoms with Gasteiger partial charge >= 0.3 is 17.9 Å². The topological polar surface area (TPSA) is 78.9 Å². The number of hydrogen-bond acceptors (Lipinski definition) is 6. The molecule has 0 heterocycles. The number of carbonyl (C=O) groups excluding carboxylic acids is 3. The summed E-state index contributed by atoms with van der Waals surface area (Å²) in [6, 6.07) is 0. The molecule has 0 rings (SSSR count). The lowest BCUT2D eigenvalue weighted by Crippen LogP contribution is -2.30. The zero-order valence-electron chi connectivity index (χ0n) is 43.5. The average Bonchev–Trinajstić information content (AvgIpc) is 3.30. The molecule has 65 heavy (non-hydrogen) atoms. The zero-order chi connectivity index (χ0) is 47.2. The molecule has 1 unspecified atom stereocenters. The van der Waals surface area contributed by atoms with Gasteiger partial charge in [0.05, 0.1) is 0 Å². The number of unbranched alkanes of at least 4 members (excludes halogenated alkanes) is 35. The molecule has 0 aliphatic rings. The lowest BCUT2D eigenvalue weighted by molar-refractivity contribution is -0.167. The van der Waals surface area contributed by atoms with Crippen LogP contribution in [0.25, 0.3) is 0 Å². The third-order valence-corrected chi connectivity index (χ3v) is 12.6. The summed E-state index contributed by atoms with van der Waals surface area (Å²) in [5.41, 5.74) is 0. The molecule has 1 atom stereocenters. The highest BCUT2D eigenvalue weighted by atomic mass is 16.6. The molecule has 0 radical (unpaired) electrons. The molecule has 0 aromatic carbocycles. The van der Waals surface area contributed by atoms with Crippen molar-refractivity contribution in [1.82, 2.24) is 0 Å². The van der Waals surface area contributed by atoms with Gasteiger partial charge in [-0.15, -0.1) is 0 Å².